The summed E-state index contributed by atoms with van der Waals surface area (Å²) in [6.45, 7) is 0. The van der Waals surface area contributed by atoms with Gasteiger partial charge >= 0.3 is 5.97 Å². The standard InChI is InChI=1S/C12H19NO2.ClH/c1-15-11(14)12-4-7-2-8(5-12)10(13)9(3-7)6-12;/h7-10H,2-6,13H2,1H3;1H/t7?,8-,9?,10?,12?;/m0./s1. The highest BCUT2D eigenvalue weighted by atomic mass is 35.5. The van der Waals surface area contributed by atoms with Crippen LogP contribution < -0.4 is 5.73 Å². The van der Waals surface area contributed by atoms with E-state index in [-0.39, 0.29) is 23.8 Å². The van der Waals surface area contributed by atoms with Gasteiger partial charge in [-0.2, -0.15) is 0 Å². The van der Waals surface area contributed by atoms with Crippen molar-refractivity contribution in [2.24, 2.45) is 28.9 Å². The summed E-state index contributed by atoms with van der Waals surface area (Å²) in [7, 11) is 1.51. The molecule has 4 aliphatic carbocycles. The Kier molecular flexibility index (Phi) is 2.96. The summed E-state index contributed by atoms with van der Waals surface area (Å²) in [6, 6.07) is 0.347. The zero-order valence-corrected chi connectivity index (χ0v) is 10.5. The average molecular weight is 246 g/mol. The third kappa shape index (κ3) is 1.48. The first kappa shape index (κ1) is 12.2. The van der Waals surface area contributed by atoms with Crippen LogP contribution in [0.2, 0.25) is 0 Å². The van der Waals surface area contributed by atoms with Gasteiger partial charge in [-0.25, -0.2) is 0 Å². The summed E-state index contributed by atoms with van der Waals surface area (Å²) in [6.07, 6.45) is 5.51. The first-order valence-corrected chi connectivity index (χ1v) is 5.98. The third-order valence-electron chi connectivity index (χ3n) is 4.96. The second-order valence-corrected chi connectivity index (χ2v) is 5.82. The SMILES string of the molecule is COC(=O)C12CC3CC(C1)C(N)[C@@H](C3)C2.Cl. The molecule has 4 rings (SSSR count). The normalized spacial score (nSPS) is 48.6. The lowest BCUT2D eigenvalue weighted by Crippen LogP contribution is -2.59. The second-order valence-electron chi connectivity index (χ2n) is 5.82. The van der Waals surface area contributed by atoms with Crippen LogP contribution in [0.5, 0.6) is 0 Å². The molecule has 0 radical (unpaired) electrons. The van der Waals surface area contributed by atoms with Crippen molar-refractivity contribution in [3.63, 3.8) is 0 Å². The van der Waals surface area contributed by atoms with Crippen molar-refractivity contribution in [3.8, 4) is 0 Å². The molecular weight excluding hydrogens is 226 g/mol. The molecule has 4 bridgehead atoms. The van der Waals surface area contributed by atoms with Crippen LogP contribution >= 0.6 is 12.4 Å². The number of hydrogen-bond acceptors (Lipinski definition) is 3. The summed E-state index contributed by atoms with van der Waals surface area (Å²) in [5, 5.41) is 0. The fourth-order valence-corrected chi connectivity index (χ4v) is 4.53. The molecular formula is C12H20ClNO2. The lowest BCUT2D eigenvalue weighted by molar-refractivity contribution is -0.169. The number of carbonyl (C=O) groups excluding carboxylic acids is 1. The van der Waals surface area contributed by atoms with Gasteiger partial charge in [0.05, 0.1) is 12.5 Å². The number of ether oxygens (including phenoxy) is 1. The van der Waals surface area contributed by atoms with Gasteiger partial charge in [0.15, 0.2) is 0 Å². The van der Waals surface area contributed by atoms with E-state index in [2.05, 4.69) is 0 Å². The van der Waals surface area contributed by atoms with Gasteiger partial charge in [-0.05, 0) is 49.9 Å². The number of nitrogens with two attached hydrogens (primary N) is 1. The summed E-state index contributed by atoms with van der Waals surface area (Å²) >= 11 is 0. The molecule has 3 nitrogen and oxygen atoms in total. The molecule has 0 amide bonds. The zero-order chi connectivity index (χ0) is 10.6. The molecule has 4 unspecified atom stereocenters. The molecule has 92 valence electrons. The van der Waals surface area contributed by atoms with Crippen molar-refractivity contribution >= 4 is 18.4 Å². The zero-order valence-electron chi connectivity index (χ0n) is 9.65. The predicted octanol–water partition coefficient (Wildman–Crippen LogP) is 1.73. The molecule has 0 spiro atoms. The van der Waals surface area contributed by atoms with Gasteiger partial charge < -0.3 is 10.5 Å². The lowest BCUT2D eigenvalue weighted by atomic mass is 9.48. The minimum absolute atomic E-state index is 0. The Balaban J connectivity index is 0.000000963. The van der Waals surface area contributed by atoms with Gasteiger partial charge in [-0.3, -0.25) is 4.79 Å². The van der Waals surface area contributed by atoms with Crippen LogP contribution in [0.4, 0.5) is 0 Å². The van der Waals surface area contributed by atoms with Crippen molar-refractivity contribution in [3.05, 3.63) is 0 Å². The summed E-state index contributed by atoms with van der Waals surface area (Å²) < 4.78 is 4.99. The van der Waals surface area contributed by atoms with Crippen LogP contribution in [0.25, 0.3) is 0 Å². The molecule has 0 heterocycles. The maximum Gasteiger partial charge on any atom is 0.311 e. The first-order chi connectivity index (χ1) is 7.14. The Morgan fingerprint density at radius 1 is 1.25 bits per heavy atom. The third-order valence-corrected chi connectivity index (χ3v) is 4.96. The maximum atomic E-state index is 11.9. The molecule has 4 aliphatic rings. The van der Waals surface area contributed by atoms with Crippen LogP contribution in [0, 0.1) is 23.2 Å². The Morgan fingerprint density at radius 2 is 1.81 bits per heavy atom. The van der Waals surface area contributed by atoms with Gasteiger partial charge in [0.25, 0.3) is 0 Å². The highest BCUT2D eigenvalue weighted by Gasteiger charge is 2.58. The number of methoxy groups -OCH3 is 1. The maximum absolute atomic E-state index is 11.9. The van der Waals surface area contributed by atoms with Crippen LogP contribution in [0.15, 0.2) is 0 Å². The van der Waals surface area contributed by atoms with E-state index >= 15 is 0 Å². The van der Waals surface area contributed by atoms with E-state index in [0.717, 1.165) is 25.2 Å². The molecule has 0 aliphatic heterocycles. The smallest absolute Gasteiger partial charge is 0.311 e. The van der Waals surface area contributed by atoms with Crippen LogP contribution in [0.1, 0.15) is 32.1 Å². The van der Waals surface area contributed by atoms with E-state index in [0.29, 0.717) is 17.9 Å². The molecule has 4 saturated carbocycles. The molecule has 5 atom stereocenters. The fraction of sp³-hybridized carbons (Fsp3) is 0.917. The monoisotopic (exact) mass is 245 g/mol. The highest BCUT2D eigenvalue weighted by molar-refractivity contribution is 5.85. The Labute approximate surface area is 103 Å². The molecule has 0 aromatic rings. The average Bonchev–Trinajstić information content (AvgIpc) is 2.23. The first-order valence-electron chi connectivity index (χ1n) is 5.98. The highest BCUT2D eigenvalue weighted by Crippen LogP contribution is 2.59. The quantitative estimate of drug-likeness (QED) is 0.716. The lowest BCUT2D eigenvalue weighted by Gasteiger charge is -2.57. The van der Waals surface area contributed by atoms with Crippen molar-refractivity contribution in [1.29, 1.82) is 0 Å². The summed E-state index contributed by atoms with van der Waals surface area (Å²) in [5.41, 5.74) is 6.06. The van der Waals surface area contributed by atoms with E-state index in [1.54, 1.807) is 0 Å². The molecule has 0 aromatic heterocycles. The molecule has 0 saturated heterocycles. The van der Waals surface area contributed by atoms with Crippen molar-refractivity contribution in [2.45, 2.75) is 38.1 Å². The van der Waals surface area contributed by atoms with E-state index < -0.39 is 0 Å². The Hall–Kier alpha value is -0.280. The Bertz CT molecular complexity index is 291. The summed E-state index contributed by atoms with van der Waals surface area (Å²) in [4.78, 5) is 11.9. The van der Waals surface area contributed by atoms with Crippen LogP contribution in [0.3, 0.4) is 0 Å². The van der Waals surface area contributed by atoms with Crippen LogP contribution in [-0.2, 0) is 9.53 Å². The second kappa shape index (κ2) is 3.88. The number of esters is 1. The fourth-order valence-electron chi connectivity index (χ4n) is 4.53. The van der Waals surface area contributed by atoms with Gasteiger partial charge in [0.1, 0.15) is 0 Å². The Morgan fingerprint density at radius 3 is 2.31 bits per heavy atom. The van der Waals surface area contributed by atoms with Gasteiger partial charge in [0.2, 0.25) is 0 Å². The molecule has 2 N–H and O–H groups in total. The van der Waals surface area contributed by atoms with Crippen molar-refractivity contribution < 1.29 is 9.53 Å². The van der Waals surface area contributed by atoms with Gasteiger partial charge in [0, 0.05) is 6.04 Å². The predicted molar refractivity (Wildman–Crippen MR) is 63.2 cm³/mol. The van der Waals surface area contributed by atoms with Crippen molar-refractivity contribution in [1.82, 2.24) is 0 Å². The number of hydrogen-bond donors (Lipinski definition) is 1. The summed E-state index contributed by atoms with van der Waals surface area (Å²) in [5.74, 6) is 1.92. The molecule has 4 fully saturated rings. The van der Waals surface area contributed by atoms with Crippen LogP contribution in [-0.4, -0.2) is 19.1 Å². The molecule has 0 aromatic carbocycles. The van der Waals surface area contributed by atoms with Gasteiger partial charge in [-0.15, -0.1) is 12.4 Å². The van der Waals surface area contributed by atoms with E-state index in [9.17, 15) is 4.79 Å². The van der Waals surface area contributed by atoms with E-state index in [1.165, 1.54) is 20.0 Å². The minimum Gasteiger partial charge on any atom is -0.469 e. The molecule has 4 heteroatoms. The number of rotatable bonds is 1. The number of halogens is 1. The minimum atomic E-state index is -0.152. The largest absolute Gasteiger partial charge is 0.469 e. The van der Waals surface area contributed by atoms with E-state index in [1.807, 2.05) is 0 Å². The van der Waals surface area contributed by atoms with Crippen molar-refractivity contribution in [2.75, 3.05) is 7.11 Å². The van der Waals surface area contributed by atoms with Gasteiger partial charge in [-0.1, -0.05) is 0 Å². The topological polar surface area (TPSA) is 52.3 Å². The van der Waals surface area contributed by atoms with E-state index in [4.69, 9.17) is 10.5 Å². The molecule has 16 heavy (non-hydrogen) atoms. The number of carbonyl (C=O) groups is 1.